The van der Waals surface area contributed by atoms with Gasteiger partial charge in [-0.1, -0.05) is 44.2 Å². The lowest BCUT2D eigenvalue weighted by atomic mass is 10.1. The summed E-state index contributed by atoms with van der Waals surface area (Å²) in [5.74, 6) is -0.0366. The molecule has 0 aliphatic rings. The van der Waals surface area contributed by atoms with Gasteiger partial charge >= 0.3 is 0 Å². The fourth-order valence-electron chi connectivity index (χ4n) is 2.28. The van der Waals surface area contributed by atoms with E-state index in [1.54, 1.807) is 0 Å². The summed E-state index contributed by atoms with van der Waals surface area (Å²) in [6.07, 6.45) is 2.50. The van der Waals surface area contributed by atoms with Crippen molar-refractivity contribution in [2.24, 2.45) is 5.73 Å². The van der Waals surface area contributed by atoms with Crippen LogP contribution >= 0.6 is 0 Å². The molecule has 0 unspecified atom stereocenters. The molecule has 0 aromatic heterocycles. The molecule has 1 atom stereocenters. The van der Waals surface area contributed by atoms with E-state index in [0.29, 0.717) is 13.0 Å². The summed E-state index contributed by atoms with van der Waals surface area (Å²) in [7, 11) is 0. The maximum absolute atomic E-state index is 11.9. The fraction of sp³-hybridized carbons (Fsp3) is 0.588. The number of nitrogens with two attached hydrogens (primary N) is 1. The number of hydrogen-bond acceptors (Lipinski definition) is 3. The minimum absolute atomic E-state index is 0.0366. The fourth-order valence-corrected chi connectivity index (χ4v) is 2.28. The average molecular weight is 291 g/mol. The second kappa shape index (κ2) is 10.4. The number of carbonyl (C=O) groups is 1. The number of nitrogens with one attached hydrogen (secondary N) is 1. The number of rotatable bonds is 10. The standard InChI is InChI=1S/C17H29N3O/c1-3-20(4-2)14-8-13-19-17(21)16(18)12-11-15-9-6-5-7-10-15/h5-7,9-10,16H,3-4,8,11-14,18H2,1-2H3,(H,19,21)/t16-/m0/s1. The maximum Gasteiger partial charge on any atom is 0.236 e. The molecule has 4 heteroatoms. The van der Waals surface area contributed by atoms with Crippen molar-refractivity contribution in [3.63, 3.8) is 0 Å². The molecular formula is C17H29N3O. The second-order valence-corrected chi connectivity index (χ2v) is 5.30. The smallest absolute Gasteiger partial charge is 0.236 e. The molecule has 0 heterocycles. The molecule has 4 nitrogen and oxygen atoms in total. The molecule has 0 radical (unpaired) electrons. The van der Waals surface area contributed by atoms with E-state index >= 15 is 0 Å². The highest BCUT2D eigenvalue weighted by Crippen LogP contribution is 2.04. The van der Waals surface area contributed by atoms with Gasteiger partial charge in [-0.05, 0) is 44.5 Å². The Bertz CT molecular complexity index is 390. The number of nitrogens with zero attached hydrogens (tertiary/aromatic N) is 1. The maximum atomic E-state index is 11.9. The first-order valence-corrected chi connectivity index (χ1v) is 7.97. The van der Waals surface area contributed by atoms with Crippen molar-refractivity contribution >= 4 is 5.91 Å². The summed E-state index contributed by atoms with van der Waals surface area (Å²) in [6, 6.07) is 9.72. The Morgan fingerprint density at radius 3 is 2.52 bits per heavy atom. The SMILES string of the molecule is CCN(CC)CCCNC(=O)[C@@H](N)CCc1ccccc1. The van der Waals surface area contributed by atoms with Gasteiger partial charge in [0.2, 0.25) is 5.91 Å². The minimum Gasteiger partial charge on any atom is -0.355 e. The van der Waals surface area contributed by atoms with Crippen molar-refractivity contribution in [1.29, 1.82) is 0 Å². The van der Waals surface area contributed by atoms with Crippen LogP contribution in [0.25, 0.3) is 0 Å². The van der Waals surface area contributed by atoms with Crippen LogP contribution in [-0.2, 0) is 11.2 Å². The molecule has 0 saturated heterocycles. The molecule has 3 N–H and O–H groups in total. The van der Waals surface area contributed by atoms with Gasteiger partial charge in [-0.25, -0.2) is 0 Å². The number of amides is 1. The van der Waals surface area contributed by atoms with E-state index in [1.165, 1.54) is 5.56 Å². The summed E-state index contributed by atoms with van der Waals surface area (Å²) in [5.41, 5.74) is 7.16. The first-order valence-electron chi connectivity index (χ1n) is 7.97. The predicted octanol–water partition coefficient (Wildman–Crippen LogP) is 1.79. The van der Waals surface area contributed by atoms with E-state index in [1.807, 2.05) is 18.2 Å². The van der Waals surface area contributed by atoms with Gasteiger partial charge in [0, 0.05) is 6.54 Å². The number of hydrogen-bond donors (Lipinski definition) is 2. The first-order chi connectivity index (χ1) is 10.2. The third kappa shape index (κ3) is 7.25. The van der Waals surface area contributed by atoms with Crippen molar-refractivity contribution < 1.29 is 4.79 Å². The van der Waals surface area contributed by atoms with Gasteiger partial charge in [0.25, 0.3) is 0 Å². The van der Waals surface area contributed by atoms with Crippen LogP contribution in [0.15, 0.2) is 30.3 Å². The zero-order chi connectivity index (χ0) is 15.5. The monoisotopic (exact) mass is 291 g/mol. The molecule has 1 rings (SSSR count). The van der Waals surface area contributed by atoms with Crippen molar-refractivity contribution in [3.8, 4) is 0 Å². The highest BCUT2D eigenvalue weighted by molar-refractivity contribution is 5.81. The van der Waals surface area contributed by atoms with E-state index in [-0.39, 0.29) is 5.91 Å². The Labute approximate surface area is 128 Å². The van der Waals surface area contributed by atoms with Crippen molar-refractivity contribution in [2.75, 3.05) is 26.2 Å². The predicted molar refractivity (Wildman–Crippen MR) is 88.2 cm³/mol. The summed E-state index contributed by atoms with van der Waals surface area (Å²) in [4.78, 5) is 14.2. The van der Waals surface area contributed by atoms with Crippen molar-refractivity contribution in [3.05, 3.63) is 35.9 Å². The van der Waals surface area contributed by atoms with Gasteiger partial charge < -0.3 is 16.0 Å². The Kier molecular flexibility index (Phi) is 8.71. The molecule has 1 amide bonds. The zero-order valence-corrected chi connectivity index (χ0v) is 13.3. The third-order valence-electron chi connectivity index (χ3n) is 3.77. The third-order valence-corrected chi connectivity index (χ3v) is 3.77. The topological polar surface area (TPSA) is 58.4 Å². The van der Waals surface area contributed by atoms with Crippen LogP contribution in [0.2, 0.25) is 0 Å². The van der Waals surface area contributed by atoms with Crippen LogP contribution in [0.5, 0.6) is 0 Å². The molecule has 21 heavy (non-hydrogen) atoms. The van der Waals surface area contributed by atoms with Crippen molar-refractivity contribution in [2.45, 2.75) is 39.2 Å². The van der Waals surface area contributed by atoms with Crippen molar-refractivity contribution in [1.82, 2.24) is 10.2 Å². The molecule has 1 aromatic rings. The Hall–Kier alpha value is -1.39. The molecule has 1 aromatic carbocycles. The molecule has 118 valence electrons. The van der Waals surface area contributed by atoms with Gasteiger partial charge in [-0.3, -0.25) is 4.79 Å². The molecule has 0 spiro atoms. The Balaban J connectivity index is 2.16. The summed E-state index contributed by atoms with van der Waals surface area (Å²) < 4.78 is 0. The van der Waals surface area contributed by atoms with Crippen LogP contribution in [-0.4, -0.2) is 43.0 Å². The molecule has 0 aliphatic heterocycles. The van der Waals surface area contributed by atoms with Gasteiger partial charge in [-0.15, -0.1) is 0 Å². The van der Waals surface area contributed by atoms with Crippen LogP contribution in [0.3, 0.4) is 0 Å². The van der Waals surface area contributed by atoms with Gasteiger partial charge in [0.1, 0.15) is 0 Å². The minimum atomic E-state index is -0.418. The Morgan fingerprint density at radius 2 is 1.90 bits per heavy atom. The number of carbonyl (C=O) groups excluding carboxylic acids is 1. The van der Waals surface area contributed by atoms with Gasteiger partial charge in [0.05, 0.1) is 6.04 Å². The van der Waals surface area contributed by atoms with E-state index in [0.717, 1.165) is 32.5 Å². The number of benzene rings is 1. The zero-order valence-electron chi connectivity index (χ0n) is 13.3. The van der Waals surface area contributed by atoms with Gasteiger partial charge in [-0.2, -0.15) is 0 Å². The van der Waals surface area contributed by atoms with Crippen LogP contribution in [0, 0.1) is 0 Å². The number of aryl methyl sites for hydroxylation is 1. The van der Waals surface area contributed by atoms with E-state index in [9.17, 15) is 4.79 Å². The lowest BCUT2D eigenvalue weighted by Crippen LogP contribution is -2.41. The molecule has 0 fully saturated rings. The quantitative estimate of drug-likeness (QED) is 0.646. The van der Waals surface area contributed by atoms with Crippen LogP contribution in [0.4, 0.5) is 0 Å². The molecule has 0 bridgehead atoms. The van der Waals surface area contributed by atoms with Crippen LogP contribution < -0.4 is 11.1 Å². The highest BCUT2D eigenvalue weighted by atomic mass is 16.2. The summed E-state index contributed by atoms with van der Waals surface area (Å²) in [5, 5.41) is 2.93. The average Bonchev–Trinajstić information content (AvgIpc) is 2.53. The van der Waals surface area contributed by atoms with Gasteiger partial charge in [0.15, 0.2) is 0 Å². The first kappa shape index (κ1) is 17.7. The largest absolute Gasteiger partial charge is 0.355 e. The highest BCUT2D eigenvalue weighted by Gasteiger charge is 2.12. The van der Waals surface area contributed by atoms with Crippen LogP contribution in [0.1, 0.15) is 32.3 Å². The normalized spacial score (nSPS) is 12.4. The molecule has 0 aliphatic carbocycles. The van der Waals surface area contributed by atoms with E-state index in [2.05, 4.69) is 36.2 Å². The summed E-state index contributed by atoms with van der Waals surface area (Å²) in [6.45, 7) is 8.14. The summed E-state index contributed by atoms with van der Waals surface area (Å²) >= 11 is 0. The van der Waals surface area contributed by atoms with E-state index in [4.69, 9.17) is 5.73 Å². The van der Waals surface area contributed by atoms with E-state index < -0.39 is 6.04 Å². The Morgan fingerprint density at radius 1 is 1.24 bits per heavy atom. The second-order valence-electron chi connectivity index (χ2n) is 5.30. The lowest BCUT2D eigenvalue weighted by molar-refractivity contribution is -0.122. The molecule has 0 saturated carbocycles. The molecular weight excluding hydrogens is 262 g/mol. The lowest BCUT2D eigenvalue weighted by Gasteiger charge is -2.18.